The number of rotatable bonds is 6. The van der Waals surface area contributed by atoms with Crippen molar-refractivity contribution in [3.63, 3.8) is 0 Å². The third-order valence-corrected chi connectivity index (χ3v) is 4.43. The van der Waals surface area contributed by atoms with Crippen molar-refractivity contribution in [2.24, 2.45) is 0 Å². The van der Waals surface area contributed by atoms with E-state index in [1.165, 1.54) is 6.07 Å². The maximum atomic E-state index is 11.1. The SMILES string of the molecule is O=C(O)CCCc1ccc([As](=O)(O)O)cc1[N+](=O)[O-]. The number of aryl methyl sites for hydroxylation is 1. The van der Waals surface area contributed by atoms with Gasteiger partial charge in [0, 0.05) is 0 Å². The number of carbonyl (C=O) groups is 1. The molecule has 1 rings (SSSR count). The fourth-order valence-corrected chi connectivity index (χ4v) is 2.72. The number of carboxylic acids is 1. The summed E-state index contributed by atoms with van der Waals surface area (Å²) in [5.41, 5.74) is -0.133. The number of aliphatic carboxylic acids is 1. The Bertz CT molecular complexity index is 551. The van der Waals surface area contributed by atoms with E-state index in [9.17, 15) is 18.6 Å². The van der Waals surface area contributed by atoms with Gasteiger partial charge in [-0.2, -0.15) is 0 Å². The molecule has 1 aromatic carbocycles. The summed E-state index contributed by atoms with van der Waals surface area (Å²) in [6.07, 6.45) is 0.258. The number of hydrogen-bond donors (Lipinski definition) is 3. The summed E-state index contributed by atoms with van der Waals surface area (Å²) in [4.78, 5) is 20.5. The second-order valence-corrected chi connectivity index (χ2v) is 7.23. The summed E-state index contributed by atoms with van der Waals surface area (Å²) in [6.45, 7) is 0. The Morgan fingerprint density at radius 1 is 1.37 bits per heavy atom. The standard InChI is InChI=1S/C10H12AsNO7/c13-10(14)3-1-2-7-4-5-8(11(15,16)17)6-9(7)12(18)19/h4-6H,1-3H2,(H,13,14)(H2,15,16,17). The molecule has 8 nitrogen and oxygen atoms in total. The first kappa shape index (κ1) is 15.4. The molecule has 3 N–H and O–H groups in total. The van der Waals surface area contributed by atoms with E-state index in [4.69, 9.17) is 13.3 Å². The minimum absolute atomic E-state index is 0.124. The first-order valence-corrected chi connectivity index (χ1v) is 8.65. The van der Waals surface area contributed by atoms with Gasteiger partial charge in [-0.3, -0.25) is 0 Å². The molecule has 0 unspecified atom stereocenters. The van der Waals surface area contributed by atoms with Crippen LogP contribution in [0.25, 0.3) is 0 Å². The molecular formula is C10H12AsNO7. The van der Waals surface area contributed by atoms with Crippen molar-refractivity contribution in [3.8, 4) is 0 Å². The Morgan fingerprint density at radius 3 is 2.47 bits per heavy atom. The van der Waals surface area contributed by atoms with Gasteiger partial charge in [0.1, 0.15) is 0 Å². The summed E-state index contributed by atoms with van der Waals surface area (Å²) in [5.74, 6) is -1.00. The van der Waals surface area contributed by atoms with Gasteiger partial charge in [-0.15, -0.1) is 0 Å². The first-order chi connectivity index (χ1) is 8.71. The summed E-state index contributed by atoms with van der Waals surface area (Å²) < 4.78 is 28.7. The van der Waals surface area contributed by atoms with Gasteiger partial charge in [-0.1, -0.05) is 0 Å². The van der Waals surface area contributed by atoms with Crippen LogP contribution in [-0.4, -0.2) is 38.4 Å². The Hall–Kier alpha value is -1.63. The van der Waals surface area contributed by atoms with Crippen molar-refractivity contribution in [2.75, 3.05) is 0 Å². The Labute approximate surface area is 110 Å². The van der Waals surface area contributed by atoms with Gasteiger partial charge in [-0.25, -0.2) is 0 Å². The van der Waals surface area contributed by atoms with E-state index in [1.807, 2.05) is 0 Å². The molecule has 0 aliphatic heterocycles. The number of nitrogens with zero attached hydrogens (tertiary/aromatic N) is 1. The molecule has 9 heteroatoms. The summed E-state index contributed by atoms with van der Waals surface area (Å²) in [6, 6.07) is 3.26. The number of hydrogen-bond acceptors (Lipinski definition) is 4. The van der Waals surface area contributed by atoms with Crippen molar-refractivity contribution in [2.45, 2.75) is 19.3 Å². The average Bonchev–Trinajstić information content (AvgIpc) is 2.27. The van der Waals surface area contributed by atoms with E-state index in [2.05, 4.69) is 0 Å². The van der Waals surface area contributed by atoms with Gasteiger partial charge >= 0.3 is 110 Å². The Balaban J connectivity index is 3.02. The van der Waals surface area contributed by atoms with E-state index in [0.717, 1.165) is 12.1 Å². The zero-order valence-electron chi connectivity index (χ0n) is 9.72. The van der Waals surface area contributed by atoms with Crippen LogP contribution in [-0.2, 0) is 15.0 Å². The van der Waals surface area contributed by atoms with Gasteiger partial charge < -0.3 is 0 Å². The molecule has 0 atom stereocenters. The normalized spacial score (nSPS) is 11.3. The minimum atomic E-state index is -5.17. The molecule has 1 aromatic rings. The molecule has 104 valence electrons. The molecule has 0 fully saturated rings. The number of nitro groups is 1. The van der Waals surface area contributed by atoms with Crippen LogP contribution in [0.1, 0.15) is 18.4 Å². The second-order valence-electron chi connectivity index (χ2n) is 3.86. The molecule has 0 saturated carbocycles. The van der Waals surface area contributed by atoms with E-state index < -0.39 is 30.8 Å². The van der Waals surface area contributed by atoms with Gasteiger partial charge in [0.2, 0.25) is 0 Å². The van der Waals surface area contributed by atoms with Crippen molar-refractivity contribution in [3.05, 3.63) is 33.9 Å². The van der Waals surface area contributed by atoms with Gasteiger partial charge in [0.15, 0.2) is 0 Å². The predicted molar refractivity (Wildman–Crippen MR) is 64.2 cm³/mol. The Kier molecular flexibility index (Phi) is 4.88. The summed E-state index contributed by atoms with van der Waals surface area (Å²) >= 11 is -5.17. The third kappa shape index (κ3) is 4.51. The number of nitro benzene ring substituents is 1. The van der Waals surface area contributed by atoms with Crippen LogP contribution >= 0.6 is 0 Å². The zero-order chi connectivity index (χ0) is 14.6. The molecular weight excluding hydrogens is 321 g/mol. The molecule has 19 heavy (non-hydrogen) atoms. The quantitative estimate of drug-likeness (QED) is 0.364. The van der Waals surface area contributed by atoms with Crippen molar-refractivity contribution in [1.82, 2.24) is 0 Å². The van der Waals surface area contributed by atoms with Crippen LogP contribution in [0.4, 0.5) is 5.69 Å². The molecule has 0 radical (unpaired) electrons. The zero-order valence-corrected chi connectivity index (χ0v) is 11.6. The van der Waals surface area contributed by atoms with Crippen LogP contribution < -0.4 is 4.35 Å². The van der Waals surface area contributed by atoms with Crippen LogP contribution in [0.3, 0.4) is 0 Å². The van der Waals surface area contributed by atoms with E-state index in [-0.39, 0.29) is 29.2 Å². The molecule has 0 saturated heterocycles. The maximum absolute atomic E-state index is 11.1. The van der Waals surface area contributed by atoms with Gasteiger partial charge in [0.05, 0.1) is 0 Å². The van der Waals surface area contributed by atoms with Crippen molar-refractivity contribution < 1.29 is 26.8 Å². The fourth-order valence-electron chi connectivity index (χ4n) is 1.54. The Morgan fingerprint density at radius 2 is 2.00 bits per heavy atom. The predicted octanol–water partition coefficient (Wildman–Crippen LogP) is -0.437. The van der Waals surface area contributed by atoms with Crippen LogP contribution in [0.2, 0.25) is 0 Å². The molecule has 0 aliphatic rings. The molecule has 0 bridgehead atoms. The van der Waals surface area contributed by atoms with Crippen molar-refractivity contribution in [1.29, 1.82) is 0 Å². The number of benzene rings is 1. The van der Waals surface area contributed by atoms with Crippen molar-refractivity contribution >= 4 is 30.2 Å². The van der Waals surface area contributed by atoms with E-state index >= 15 is 0 Å². The second kappa shape index (κ2) is 6.01. The fraction of sp³-hybridized carbons (Fsp3) is 0.300. The summed E-state index contributed by atoms with van der Waals surface area (Å²) in [5, 5.41) is 19.3. The monoisotopic (exact) mass is 333 g/mol. The van der Waals surface area contributed by atoms with E-state index in [0.29, 0.717) is 0 Å². The number of carboxylic acid groups (broad SMARTS) is 1. The third-order valence-electron chi connectivity index (χ3n) is 2.44. The molecule has 0 aromatic heterocycles. The molecule has 0 amide bonds. The topological polar surface area (TPSA) is 138 Å². The van der Waals surface area contributed by atoms with Crippen LogP contribution in [0.15, 0.2) is 18.2 Å². The molecule has 0 aliphatic carbocycles. The van der Waals surface area contributed by atoms with Crippen LogP contribution in [0, 0.1) is 10.1 Å². The van der Waals surface area contributed by atoms with Gasteiger partial charge in [0.25, 0.3) is 0 Å². The van der Waals surface area contributed by atoms with E-state index in [1.54, 1.807) is 0 Å². The molecule has 0 heterocycles. The molecule has 0 spiro atoms. The van der Waals surface area contributed by atoms with Gasteiger partial charge in [-0.05, 0) is 0 Å². The first-order valence-electron chi connectivity index (χ1n) is 5.27. The summed E-state index contributed by atoms with van der Waals surface area (Å²) in [7, 11) is 0. The average molecular weight is 333 g/mol. The van der Waals surface area contributed by atoms with Crippen LogP contribution in [0.5, 0.6) is 0 Å².